The summed E-state index contributed by atoms with van der Waals surface area (Å²) >= 11 is 0. The Hall–Kier alpha value is -3.11. The molecule has 0 atom stereocenters. The Morgan fingerprint density at radius 3 is 2.31 bits per heavy atom. The molecule has 1 aliphatic rings. The van der Waals surface area contributed by atoms with E-state index in [-0.39, 0.29) is 17.7 Å². The van der Waals surface area contributed by atoms with Gasteiger partial charge in [0.05, 0.1) is 18.2 Å². The summed E-state index contributed by atoms with van der Waals surface area (Å²) in [5.74, 6) is -0.372. The second kappa shape index (κ2) is 12.2. The Balaban J connectivity index is 1.61. The number of alkyl halides is 3. The number of carbonyl (C=O) groups excluding carboxylic acids is 2. The summed E-state index contributed by atoms with van der Waals surface area (Å²) in [7, 11) is 5.18. The van der Waals surface area contributed by atoms with E-state index in [1.165, 1.54) is 19.2 Å². The Bertz CT molecular complexity index is 1020. The molecule has 2 amide bonds. The number of urea groups is 1. The molecule has 0 radical (unpaired) electrons. The summed E-state index contributed by atoms with van der Waals surface area (Å²) < 4.78 is 44.0. The minimum Gasteiger partial charge on any atom is -0.465 e. The molecule has 1 aliphatic heterocycles. The molecule has 0 aromatic heterocycles. The maximum Gasteiger partial charge on any atom is 0.416 e. The van der Waals surface area contributed by atoms with Crippen LogP contribution in [0.5, 0.6) is 0 Å². The highest BCUT2D eigenvalue weighted by atomic mass is 19.4. The number of benzene rings is 2. The molecule has 3 rings (SSSR count). The topological polar surface area (TPSA) is 65.1 Å². The van der Waals surface area contributed by atoms with E-state index in [0.717, 1.165) is 50.2 Å². The minimum absolute atomic E-state index is 0.0197. The van der Waals surface area contributed by atoms with Gasteiger partial charge >= 0.3 is 18.2 Å². The summed E-state index contributed by atoms with van der Waals surface area (Å²) in [5, 5.41) is 2.66. The molecular formula is C26H33F3N4O3. The fraction of sp³-hybridized carbons (Fsp3) is 0.462. The van der Waals surface area contributed by atoms with E-state index in [9.17, 15) is 22.8 Å². The third kappa shape index (κ3) is 7.69. The van der Waals surface area contributed by atoms with Gasteiger partial charge in [0.1, 0.15) is 0 Å². The SMILES string of the molecule is COC(=O)c1ccc(CN2CCC(N(CCN(C)C)C(=O)Nc3cccc(C(F)(F)F)c3)CC2)cc1. The number of methoxy groups -OCH3 is 1. The van der Waals surface area contributed by atoms with E-state index < -0.39 is 17.8 Å². The molecule has 10 heteroatoms. The number of piperidine rings is 1. The van der Waals surface area contributed by atoms with Crippen LogP contribution < -0.4 is 5.32 Å². The molecule has 2 aromatic carbocycles. The van der Waals surface area contributed by atoms with Gasteiger partial charge in [-0.05, 0) is 62.8 Å². The van der Waals surface area contributed by atoms with Gasteiger partial charge in [0.2, 0.25) is 0 Å². The number of rotatable bonds is 8. The maximum atomic E-state index is 13.1. The van der Waals surface area contributed by atoms with E-state index >= 15 is 0 Å². The second-order valence-corrected chi connectivity index (χ2v) is 9.20. The number of likely N-dealkylation sites (tertiary alicyclic amines) is 1. The van der Waals surface area contributed by atoms with Gasteiger partial charge < -0.3 is 19.9 Å². The van der Waals surface area contributed by atoms with Crippen LogP contribution in [0.4, 0.5) is 23.7 Å². The number of amides is 2. The predicted molar refractivity (Wildman–Crippen MR) is 132 cm³/mol. The Labute approximate surface area is 209 Å². The highest BCUT2D eigenvalue weighted by molar-refractivity contribution is 5.90. The predicted octanol–water partition coefficient (Wildman–Crippen LogP) is 4.55. The molecule has 0 bridgehead atoms. The average Bonchev–Trinajstić information content (AvgIpc) is 2.84. The monoisotopic (exact) mass is 506 g/mol. The van der Waals surface area contributed by atoms with Crippen molar-refractivity contribution in [3.05, 3.63) is 65.2 Å². The van der Waals surface area contributed by atoms with Crippen LogP contribution in [-0.4, -0.2) is 80.1 Å². The van der Waals surface area contributed by atoms with Gasteiger partial charge in [0, 0.05) is 44.5 Å². The van der Waals surface area contributed by atoms with Gasteiger partial charge in [-0.2, -0.15) is 13.2 Å². The number of hydrogen-bond donors (Lipinski definition) is 1. The smallest absolute Gasteiger partial charge is 0.416 e. The first-order valence-electron chi connectivity index (χ1n) is 11.9. The molecule has 7 nitrogen and oxygen atoms in total. The lowest BCUT2D eigenvalue weighted by Gasteiger charge is -2.39. The molecule has 1 N–H and O–H groups in total. The van der Waals surface area contributed by atoms with E-state index in [2.05, 4.69) is 10.2 Å². The molecule has 1 saturated heterocycles. The van der Waals surface area contributed by atoms with Crippen molar-refractivity contribution in [2.45, 2.75) is 31.6 Å². The number of ether oxygens (including phenoxy) is 1. The van der Waals surface area contributed by atoms with Crippen LogP contribution in [0.1, 0.15) is 34.3 Å². The summed E-state index contributed by atoms with van der Waals surface area (Å²) in [4.78, 5) is 30.8. The molecule has 0 spiro atoms. The molecule has 2 aromatic rings. The lowest BCUT2D eigenvalue weighted by molar-refractivity contribution is -0.137. The minimum atomic E-state index is -4.47. The Morgan fingerprint density at radius 2 is 1.72 bits per heavy atom. The fourth-order valence-corrected chi connectivity index (χ4v) is 4.24. The number of halogens is 3. The number of nitrogens with one attached hydrogen (secondary N) is 1. The number of carbonyl (C=O) groups is 2. The molecule has 0 saturated carbocycles. The first-order valence-corrected chi connectivity index (χ1v) is 11.9. The number of nitrogens with zero attached hydrogens (tertiary/aromatic N) is 3. The van der Waals surface area contributed by atoms with Gasteiger partial charge in [0.15, 0.2) is 0 Å². The number of likely N-dealkylation sites (N-methyl/N-ethyl adjacent to an activating group) is 1. The zero-order valence-corrected chi connectivity index (χ0v) is 20.8. The van der Waals surface area contributed by atoms with Gasteiger partial charge in [-0.3, -0.25) is 4.90 Å². The quantitative estimate of drug-likeness (QED) is 0.532. The van der Waals surface area contributed by atoms with Crippen molar-refractivity contribution < 1.29 is 27.5 Å². The zero-order valence-electron chi connectivity index (χ0n) is 20.8. The van der Waals surface area contributed by atoms with Crippen molar-refractivity contribution in [1.29, 1.82) is 0 Å². The number of anilines is 1. The molecule has 0 unspecified atom stereocenters. The van der Waals surface area contributed by atoms with Crippen LogP contribution >= 0.6 is 0 Å². The highest BCUT2D eigenvalue weighted by Crippen LogP contribution is 2.31. The summed E-state index contributed by atoms with van der Waals surface area (Å²) in [5.41, 5.74) is 0.904. The molecule has 0 aliphatic carbocycles. The average molecular weight is 507 g/mol. The zero-order chi connectivity index (χ0) is 26.3. The molecule has 196 valence electrons. The third-order valence-corrected chi connectivity index (χ3v) is 6.27. The van der Waals surface area contributed by atoms with Crippen molar-refractivity contribution in [1.82, 2.24) is 14.7 Å². The van der Waals surface area contributed by atoms with Crippen LogP contribution in [0.3, 0.4) is 0 Å². The first-order chi connectivity index (χ1) is 17.1. The third-order valence-electron chi connectivity index (χ3n) is 6.27. The number of esters is 1. The second-order valence-electron chi connectivity index (χ2n) is 9.20. The highest BCUT2D eigenvalue weighted by Gasteiger charge is 2.31. The van der Waals surface area contributed by atoms with Crippen molar-refractivity contribution in [3.8, 4) is 0 Å². The summed E-state index contributed by atoms with van der Waals surface area (Å²) in [6.45, 7) is 3.39. The van der Waals surface area contributed by atoms with Crippen LogP contribution in [0.25, 0.3) is 0 Å². The molecular weight excluding hydrogens is 473 g/mol. The van der Waals surface area contributed by atoms with E-state index in [4.69, 9.17) is 4.74 Å². The van der Waals surface area contributed by atoms with Gasteiger partial charge in [-0.15, -0.1) is 0 Å². The van der Waals surface area contributed by atoms with E-state index in [1.807, 2.05) is 31.1 Å². The van der Waals surface area contributed by atoms with Crippen molar-refractivity contribution in [2.24, 2.45) is 0 Å². The Kier molecular flexibility index (Phi) is 9.33. The molecule has 1 fully saturated rings. The van der Waals surface area contributed by atoms with Crippen molar-refractivity contribution >= 4 is 17.7 Å². The van der Waals surface area contributed by atoms with Crippen molar-refractivity contribution in [3.63, 3.8) is 0 Å². The summed E-state index contributed by atoms with van der Waals surface area (Å²) in [6.07, 6.45) is -2.97. The normalized spacial score (nSPS) is 15.1. The van der Waals surface area contributed by atoms with E-state index in [0.29, 0.717) is 18.7 Å². The van der Waals surface area contributed by atoms with Gasteiger partial charge in [-0.25, -0.2) is 9.59 Å². The number of hydrogen-bond acceptors (Lipinski definition) is 5. The van der Waals surface area contributed by atoms with Crippen molar-refractivity contribution in [2.75, 3.05) is 52.7 Å². The first kappa shape index (κ1) is 27.5. The van der Waals surface area contributed by atoms with Crippen LogP contribution in [0.15, 0.2) is 48.5 Å². The van der Waals surface area contributed by atoms with Gasteiger partial charge in [0.25, 0.3) is 0 Å². The van der Waals surface area contributed by atoms with Crippen LogP contribution in [0, 0.1) is 0 Å². The standard InChI is InChI=1S/C26H33F3N4O3/c1-31(2)15-16-33(25(35)30-22-6-4-5-21(17-22)26(27,28)29)23-11-13-32(14-12-23)18-19-7-9-20(10-8-19)24(34)36-3/h4-10,17,23H,11-16,18H2,1-3H3,(H,30,35). The molecule has 36 heavy (non-hydrogen) atoms. The van der Waals surface area contributed by atoms with Crippen LogP contribution in [-0.2, 0) is 17.5 Å². The molecule has 1 heterocycles. The van der Waals surface area contributed by atoms with E-state index in [1.54, 1.807) is 17.0 Å². The van der Waals surface area contributed by atoms with Crippen LogP contribution in [0.2, 0.25) is 0 Å². The van der Waals surface area contributed by atoms with Gasteiger partial charge in [-0.1, -0.05) is 18.2 Å². The maximum absolute atomic E-state index is 13.1. The lowest BCUT2D eigenvalue weighted by atomic mass is 10.0. The fourth-order valence-electron chi connectivity index (χ4n) is 4.24. The Morgan fingerprint density at radius 1 is 1.06 bits per heavy atom. The summed E-state index contributed by atoms with van der Waals surface area (Å²) in [6, 6.07) is 11.6. The largest absolute Gasteiger partial charge is 0.465 e. The lowest BCUT2D eigenvalue weighted by Crippen LogP contribution is -2.50.